The van der Waals surface area contributed by atoms with E-state index < -0.39 is 0 Å². The van der Waals surface area contributed by atoms with Crippen LogP contribution in [0.5, 0.6) is 0 Å². The molecule has 1 N–H and O–H groups in total. The van der Waals surface area contributed by atoms with Crippen LogP contribution in [-0.4, -0.2) is 45.0 Å². The lowest BCUT2D eigenvalue weighted by Gasteiger charge is -2.36. The monoisotopic (exact) mass is 310 g/mol. The molecule has 23 heavy (non-hydrogen) atoms. The van der Waals surface area contributed by atoms with Crippen molar-refractivity contribution in [3.05, 3.63) is 52.8 Å². The van der Waals surface area contributed by atoms with Gasteiger partial charge in [-0.1, -0.05) is 24.3 Å². The van der Waals surface area contributed by atoms with Crippen molar-refractivity contribution in [3.8, 4) is 0 Å². The maximum atomic E-state index is 12.9. The lowest BCUT2D eigenvalue weighted by Crippen LogP contribution is -2.49. The number of rotatable bonds is 2. The number of amides is 1. The van der Waals surface area contributed by atoms with E-state index in [9.17, 15) is 4.79 Å². The van der Waals surface area contributed by atoms with Crippen LogP contribution in [-0.2, 0) is 30.7 Å². The molecule has 120 valence electrons. The van der Waals surface area contributed by atoms with Crippen LogP contribution in [0.15, 0.2) is 30.5 Å². The average molecular weight is 310 g/mol. The van der Waals surface area contributed by atoms with E-state index in [2.05, 4.69) is 39.4 Å². The van der Waals surface area contributed by atoms with Crippen molar-refractivity contribution >= 4 is 5.91 Å². The summed E-state index contributed by atoms with van der Waals surface area (Å²) in [5.41, 5.74) is 5.10. The Labute approximate surface area is 136 Å². The van der Waals surface area contributed by atoms with Gasteiger partial charge >= 0.3 is 0 Å². The fourth-order valence-electron chi connectivity index (χ4n) is 3.68. The van der Waals surface area contributed by atoms with E-state index in [4.69, 9.17) is 0 Å². The van der Waals surface area contributed by atoms with Gasteiger partial charge in [0.2, 0.25) is 5.91 Å². The number of aromatic amines is 1. The number of aromatic nitrogens is 2. The van der Waals surface area contributed by atoms with Crippen LogP contribution >= 0.6 is 0 Å². The number of benzene rings is 1. The number of nitrogens with zero attached hydrogens (tertiary/aromatic N) is 3. The van der Waals surface area contributed by atoms with Gasteiger partial charge in [0, 0.05) is 43.9 Å². The maximum Gasteiger partial charge on any atom is 0.239 e. The van der Waals surface area contributed by atoms with Crippen molar-refractivity contribution in [3.63, 3.8) is 0 Å². The van der Waals surface area contributed by atoms with Gasteiger partial charge in [0.05, 0.1) is 12.2 Å². The molecule has 4 rings (SSSR count). The van der Waals surface area contributed by atoms with Crippen molar-refractivity contribution in [2.75, 3.05) is 13.1 Å². The molecule has 0 bridgehead atoms. The van der Waals surface area contributed by atoms with Gasteiger partial charge in [0.1, 0.15) is 0 Å². The summed E-state index contributed by atoms with van der Waals surface area (Å²) in [5, 5.41) is 7.11. The maximum absolute atomic E-state index is 12.9. The van der Waals surface area contributed by atoms with Crippen LogP contribution < -0.4 is 0 Å². The van der Waals surface area contributed by atoms with Gasteiger partial charge in [0.25, 0.3) is 0 Å². The molecule has 0 radical (unpaired) electrons. The van der Waals surface area contributed by atoms with E-state index in [-0.39, 0.29) is 11.9 Å². The van der Waals surface area contributed by atoms with Gasteiger partial charge in [-0.25, -0.2) is 0 Å². The fraction of sp³-hybridized carbons (Fsp3) is 0.444. The summed E-state index contributed by atoms with van der Waals surface area (Å²) in [6.45, 7) is 5.33. The van der Waals surface area contributed by atoms with Crippen LogP contribution in [0.1, 0.15) is 29.3 Å². The van der Waals surface area contributed by atoms with Gasteiger partial charge in [-0.2, -0.15) is 5.10 Å². The Morgan fingerprint density at radius 1 is 1.13 bits per heavy atom. The smallest absolute Gasteiger partial charge is 0.239 e. The third kappa shape index (κ3) is 2.65. The Hall–Kier alpha value is -2.14. The number of H-pyrrole nitrogens is 1. The molecular weight excluding hydrogens is 288 g/mol. The van der Waals surface area contributed by atoms with Gasteiger partial charge in [-0.3, -0.25) is 14.8 Å². The Morgan fingerprint density at radius 3 is 2.83 bits per heavy atom. The molecule has 0 aliphatic carbocycles. The summed E-state index contributed by atoms with van der Waals surface area (Å²) in [5.74, 6) is 0.233. The topological polar surface area (TPSA) is 52.2 Å². The summed E-state index contributed by atoms with van der Waals surface area (Å²) in [6, 6.07) is 8.48. The zero-order valence-corrected chi connectivity index (χ0v) is 13.5. The van der Waals surface area contributed by atoms with Crippen LogP contribution in [0.4, 0.5) is 0 Å². The van der Waals surface area contributed by atoms with E-state index in [1.54, 1.807) is 0 Å². The Kier molecular flexibility index (Phi) is 3.65. The molecule has 1 amide bonds. The molecule has 0 spiro atoms. The fourth-order valence-corrected chi connectivity index (χ4v) is 3.68. The molecule has 5 nitrogen and oxygen atoms in total. The lowest BCUT2D eigenvalue weighted by molar-refractivity contribution is -0.137. The van der Waals surface area contributed by atoms with Crippen molar-refractivity contribution in [2.24, 2.45) is 0 Å². The molecule has 1 unspecified atom stereocenters. The summed E-state index contributed by atoms with van der Waals surface area (Å²) in [7, 11) is 0. The highest BCUT2D eigenvalue weighted by Gasteiger charge is 2.30. The molecule has 5 heteroatoms. The minimum atomic E-state index is -0.0724. The molecule has 1 aromatic heterocycles. The summed E-state index contributed by atoms with van der Waals surface area (Å²) >= 11 is 0. The second kappa shape index (κ2) is 5.81. The number of fused-ring (bicyclic) bond motifs is 2. The average Bonchev–Trinajstić information content (AvgIpc) is 3.07. The molecule has 0 saturated heterocycles. The first-order valence-electron chi connectivity index (χ1n) is 8.33. The van der Waals surface area contributed by atoms with Crippen LogP contribution in [0.2, 0.25) is 0 Å². The van der Waals surface area contributed by atoms with Crippen LogP contribution in [0, 0.1) is 0 Å². The highest BCUT2D eigenvalue weighted by Crippen LogP contribution is 2.22. The Bertz CT molecular complexity index is 723. The SMILES string of the molecule is CC(C(=O)N1CCc2[nH]ncc2C1)N1CCc2ccccc2C1. The Balaban J connectivity index is 1.45. The highest BCUT2D eigenvalue weighted by molar-refractivity contribution is 5.81. The minimum absolute atomic E-state index is 0.0724. The largest absolute Gasteiger partial charge is 0.336 e. The zero-order chi connectivity index (χ0) is 15.8. The molecule has 3 heterocycles. The summed E-state index contributed by atoms with van der Waals surface area (Å²) < 4.78 is 0. The van der Waals surface area contributed by atoms with Crippen molar-refractivity contribution < 1.29 is 4.79 Å². The van der Waals surface area contributed by atoms with Gasteiger partial charge < -0.3 is 4.90 Å². The number of hydrogen-bond donors (Lipinski definition) is 1. The van der Waals surface area contributed by atoms with Crippen LogP contribution in [0.25, 0.3) is 0 Å². The first-order chi connectivity index (χ1) is 11.2. The second-order valence-electron chi connectivity index (χ2n) is 6.55. The van der Waals surface area contributed by atoms with E-state index in [0.29, 0.717) is 6.54 Å². The molecular formula is C18H22N4O. The Morgan fingerprint density at radius 2 is 1.96 bits per heavy atom. The number of nitrogens with one attached hydrogen (secondary N) is 1. The van der Waals surface area contributed by atoms with Gasteiger partial charge in [-0.05, 0) is 24.5 Å². The quantitative estimate of drug-likeness (QED) is 0.919. The number of hydrogen-bond acceptors (Lipinski definition) is 3. The van der Waals surface area contributed by atoms with Gasteiger partial charge in [0.15, 0.2) is 0 Å². The van der Waals surface area contributed by atoms with Crippen LogP contribution in [0.3, 0.4) is 0 Å². The third-order valence-electron chi connectivity index (χ3n) is 5.18. The molecule has 0 saturated carbocycles. The summed E-state index contributed by atoms with van der Waals surface area (Å²) in [6.07, 6.45) is 3.74. The minimum Gasteiger partial charge on any atom is -0.336 e. The van der Waals surface area contributed by atoms with Crippen molar-refractivity contribution in [2.45, 2.75) is 38.9 Å². The normalized spacial score (nSPS) is 19.1. The second-order valence-corrected chi connectivity index (χ2v) is 6.55. The predicted octanol–water partition coefficient (Wildman–Crippen LogP) is 1.74. The first kappa shape index (κ1) is 14.5. The predicted molar refractivity (Wildman–Crippen MR) is 87.7 cm³/mol. The third-order valence-corrected chi connectivity index (χ3v) is 5.18. The molecule has 2 aliphatic rings. The molecule has 1 atom stereocenters. The van der Waals surface area contributed by atoms with Crippen molar-refractivity contribution in [1.82, 2.24) is 20.0 Å². The lowest BCUT2D eigenvalue weighted by atomic mass is 9.98. The summed E-state index contributed by atoms with van der Waals surface area (Å²) in [4.78, 5) is 17.2. The van der Waals surface area contributed by atoms with E-state index in [1.165, 1.54) is 16.8 Å². The number of carbonyl (C=O) groups excluding carboxylic acids is 1. The standard InChI is InChI=1S/C18H22N4O/c1-13(21-8-6-14-4-2-3-5-15(14)11-21)18(23)22-9-7-17-16(12-22)10-19-20-17/h2-5,10,13H,6-9,11-12H2,1H3,(H,19,20). The van der Waals surface area contributed by atoms with Crippen molar-refractivity contribution in [1.29, 1.82) is 0 Å². The van der Waals surface area contributed by atoms with Gasteiger partial charge in [-0.15, -0.1) is 0 Å². The highest BCUT2D eigenvalue weighted by atomic mass is 16.2. The first-order valence-corrected chi connectivity index (χ1v) is 8.33. The number of carbonyl (C=O) groups is 1. The zero-order valence-electron chi connectivity index (χ0n) is 13.5. The molecule has 0 fully saturated rings. The molecule has 2 aromatic rings. The van der Waals surface area contributed by atoms with E-state index in [1.807, 2.05) is 18.0 Å². The molecule has 1 aromatic carbocycles. The van der Waals surface area contributed by atoms with E-state index >= 15 is 0 Å². The van der Waals surface area contributed by atoms with E-state index in [0.717, 1.165) is 38.0 Å². The molecule has 2 aliphatic heterocycles.